The number of halogens is 2. The molecule has 1 atom stereocenters. The molecule has 1 aliphatic heterocycles. The van der Waals surface area contributed by atoms with Gasteiger partial charge in [0.25, 0.3) is 5.91 Å². The molecule has 0 spiro atoms. The molecule has 0 radical (unpaired) electrons. The van der Waals surface area contributed by atoms with E-state index in [1.807, 2.05) is 12.3 Å². The molecule has 3 heterocycles. The molecule has 0 saturated carbocycles. The smallest absolute Gasteiger partial charge is 0.254 e. The van der Waals surface area contributed by atoms with Gasteiger partial charge in [0.1, 0.15) is 29.4 Å². The predicted octanol–water partition coefficient (Wildman–Crippen LogP) is 2.63. The number of nitrogens with one attached hydrogen (secondary N) is 2. The van der Waals surface area contributed by atoms with Crippen LogP contribution in [0.1, 0.15) is 23.2 Å². The Morgan fingerprint density at radius 1 is 1.31 bits per heavy atom. The largest absolute Gasteiger partial charge is 0.351 e. The molecule has 1 aromatic carbocycles. The Balaban J connectivity index is 1.50. The molecule has 26 heavy (non-hydrogen) atoms. The summed E-state index contributed by atoms with van der Waals surface area (Å²) in [6, 6.07) is 4.80. The van der Waals surface area contributed by atoms with E-state index in [9.17, 15) is 13.6 Å². The van der Waals surface area contributed by atoms with Crippen LogP contribution in [0.4, 0.5) is 14.6 Å². The van der Waals surface area contributed by atoms with Crippen molar-refractivity contribution >= 4 is 22.8 Å². The zero-order chi connectivity index (χ0) is 18.1. The molecule has 8 heteroatoms. The molecule has 2 aromatic heterocycles. The molecule has 1 aliphatic rings. The zero-order valence-electron chi connectivity index (χ0n) is 13.9. The third-order valence-electron chi connectivity index (χ3n) is 4.65. The highest BCUT2D eigenvalue weighted by molar-refractivity contribution is 5.94. The molecule has 1 fully saturated rings. The number of aromatic amines is 1. The van der Waals surface area contributed by atoms with Gasteiger partial charge in [0.2, 0.25) is 0 Å². The van der Waals surface area contributed by atoms with Gasteiger partial charge in [0.15, 0.2) is 0 Å². The first-order chi connectivity index (χ1) is 12.6. The number of hydrogen-bond acceptors (Lipinski definition) is 4. The van der Waals surface area contributed by atoms with Crippen LogP contribution in [0, 0.1) is 11.6 Å². The Bertz CT molecular complexity index is 958. The molecule has 2 N–H and O–H groups in total. The summed E-state index contributed by atoms with van der Waals surface area (Å²) >= 11 is 0. The van der Waals surface area contributed by atoms with E-state index in [2.05, 4.69) is 25.2 Å². The minimum atomic E-state index is -0.739. The average molecular weight is 357 g/mol. The monoisotopic (exact) mass is 357 g/mol. The van der Waals surface area contributed by atoms with Crippen LogP contribution >= 0.6 is 0 Å². The maximum absolute atomic E-state index is 13.7. The Kier molecular flexibility index (Phi) is 4.24. The SMILES string of the molecule is O=C(NCC1CCCN1c1ncnc2[nH]ccc12)c1cc(F)ccc1F. The van der Waals surface area contributed by atoms with Crippen molar-refractivity contribution in [3.63, 3.8) is 0 Å². The summed E-state index contributed by atoms with van der Waals surface area (Å²) in [5.41, 5.74) is 0.469. The Hall–Kier alpha value is -3.03. The first-order valence-electron chi connectivity index (χ1n) is 8.41. The van der Waals surface area contributed by atoms with Crippen LogP contribution in [0.3, 0.4) is 0 Å². The highest BCUT2D eigenvalue weighted by Crippen LogP contribution is 2.28. The fourth-order valence-corrected chi connectivity index (χ4v) is 3.39. The van der Waals surface area contributed by atoms with Crippen molar-refractivity contribution in [1.29, 1.82) is 0 Å². The van der Waals surface area contributed by atoms with Crippen LogP contribution < -0.4 is 10.2 Å². The Labute approximate surface area is 148 Å². The fraction of sp³-hybridized carbons (Fsp3) is 0.278. The van der Waals surface area contributed by atoms with E-state index in [4.69, 9.17) is 0 Å². The summed E-state index contributed by atoms with van der Waals surface area (Å²) in [4.78, 5) is 26.0. The number of nitrogens with zero attached hydrogens (tertiary/aromatic N) is 3. The first-order valence-corrected chi connectivity index (χ1v) is 8.41. The van der Waals surface area contributed by atoms with Gasteiger partial charge < -0.3 is 15.2 Å². The maximum atomic E-state index is 13.7. The molecule has 1 amide bonds. The van der Waals surface area contributed by atoms with E-state index in [1.54, 1.807) is 0 Å². The Morgan fingerprint density at radius 2 is 2.19 bits per heavy atom. The van der Waals surface area contributed by atoms with Crippen molar-refractivity contribution in [3.05, 3.63) is 54.0 Å². The van der Waals surface area contributed by atoms with E-state index in [0.717, 1.165) is 54.4 Å². The fourth-order valence-electron chi connectivity index (χ4n) is 3.39. The van der Waals surface area contributed by atoms with Gasteiger partial charge in [-0.25, -0.2) is 18.7 Å². The summed E-state index contributed by atoms with van der Waals surface area (Å²) in [6.45, 7) is 1.14. The number of anilines is 1. The highest BCUT2D eigenvalue weighted by atomic mass is 19.1. The second-order valence-corrected chi connectivity index (χ2v) is 6.26. The minimum Gasteiger partial charge on any atom is -0.351 e. The van der Waals surface area contributed by atoms with Gasteiger partial charge in [-0.3, -0.25) is 4.79 Å². The maximum Gasteiger partial charge on any atom is 0.254 e. The van der Waals surface area contributed by atoms with Gasteiger partial charge in [0, 0.05) is 25.3 Å². The van der Waals surface area contributed by atoms with E-state index in [1.165, 1.54) is 6.33 Å². The molecule has 6 nitrogen and oxygen atoms in total. The van der Waals surface area contributed by atoms with Crippen molar-refractivity contribution in [2.75, 3.05) is 18.0 Å². The number of carbonyl (C=O) groups excluding carboxylic acids is 1. The number of hydrogen-bond donors (Lipinski definition) is 2. The number of benzene rings is 1. The van der Waals surface area contributed by atoms with E-state index in [0.29, 0.717) is 6.54 Å². The van der Waals surface area contributed by atoms with Gasteiger partial charge in [0.05, 0.1) is 10.9 Å². The van der Waals surface area contributed by atoms with Crippen LogP contribution in [-0.4, -0.2) is 40.0 Å². The lowest BCUT2D eigenvalue weighted by molar-refractivity contribution is 0.0947. The molecule has 0 aliphatic carbocycles. The van der Waals surface area contributed by atoms with Crippen LogP contribution in [0.5, 0.6) is 0 Å². The lowest BCUT2D eigenvalue weighted by atomic mass is 10.1. The molecule has 0 bridgehead atoms. The molecule has 4 rings (SSSR count). The van der Waals surface area contributed by atoms with Gasteiger partial charge in [-0.15, -0.1) is 0 Å². The molecular formula is C18H17F2N5O. The van der Waals surface area contributed by atoms with Gasteiger partial charge in [-0.05, 0) is 37.1 Å². The van der Waals surface area contributed by atoms with Crippen molar-refractivity contribution in [2.45, 2.75) is 18.9 Å². The minimum absolute atomic E-state index is 0.0311. The second-order valence-electron chi connectivity index (χ2n) is 6.26. The lowest BCUT2D eigenvalue weighted by Gasteiger charge is -2.26. The number of amides is 1. The third kappa shape index (κ3) is 2.98. The number of fused-ring (bicyclic) bond motifs is 1. The van der Waals surface area contributed by atoms with E-state index in [-0.39, 0.29) is 11.6 Å². The van der Waals surface area contributed by atoms with Gasteiger partial charge in [-0.1, -0.05) is 0 Å². The third-order valence-corrected chi connectivity index (χ3v) is 4.65. The van der Waals surface area contributed by atoms with Crippen molar-refractivity contribution in [1.82, 2.24) is 20.3 Å². The van der Waals surface area contributed by atoms with E-state index < -0.39 is 17.5 Å². The number of carbonyl (C=O) groups is 1. The number of H-pyrrole nitrogens is 1. The predicted molar refractivity (Wildman–Crippen MR) is 92.9 cm³/mol. The summed E-state index contributed by atoms with van der Waals surface area (Å²) in [6.07, 6.45) is 5.15. The second kappa shape index (κ2) is 6.70. The van der Waals surface area contributed by atoms with E-state index >= 15 is 0 Å². The number of aromatic nitrogens is 3. The van der Waals surface area contributed by atoms with Crippen LogP contribution in [0.15, 0.2) is 36.8 Å². The Morgan fingerprint density at radius 3 is 3.08 bits per heavy atom. The van der Waals surface area contributed by atoms with Crippen molar-refractivity contribution in [2.24, 2.45) is 0 Å². The van der Waals surface area contributed by atoms with Gasteiger partial charge >= 0.3 is 0 Å². The van der Waals surface area contributed by atoms with Gasteiger partial charge in [-0.2, -0.15) is 0 Å². The normalized spacial score (nSPS) is 17.0. The average Bonchev–Trinajstić information content (AvgIpc) is 3.30. The molecule has 1 unspecified atom stereocenters. The first kappa shape index (κ1) is 16.4. The number of rotatable bonds is 4. The lowest BCUT2D eigenvalue weighted by Crippen LogP contribution is -2.41. The van der Waals surface area contributed by atoms with Crippen molar-refractivity contribution in [3.8, 4) is 0 Å². The molecule has 1 saturated heterocycles. The summed E-state index contributed by atoms with van der Waals surface area (Å²) in [5.74, 6) is -1.19. The summed E-state index contributed by atoms with van der Waals surface area (Å²) in [5, 5.41) is 3.63. The van der Waals surface area contributed by atoms with Crippen molar-refractivity contribution < 1.29 is 13.6 Å². The summed E-state index contributed by atoms with van der Waals surface area (Å²) in [7, 11) is 0. The highest BCUT2D eigenvalue weighted by Gasteiger charge is 2.28. The zero-order valence-corrected chi connectivity index (χ0v) is 13.9. The molecular weight excluding hydrogens is 340 g/mol. The quantitative estimate of drug-likeness (QED) is 0.753. The van der Waals surface area contributed by atoms with Crippen LogP contribution in [-0.2, 0) is 0 Å². The standard InChI is InChI=1S/C18H17F2N5O/c19-11-3-4-15(20)14(8-11)18(26)22-9-12-2-1-7-25(12)17-13-5-6-21-16(13)23-10-24-17/h3-6,8,10,12H,1-2,7,9H2,(H,22,26)(H,21,23,24). The van der Waals surface area contributed by atoms with Crippen LogP contribution in [0.25, 0.3) is 11.0 Å². The summed E-state index contributed by atoms with van der Waals surface area (Å²) < 4.78 is 27.0. The molecule has 3 aromatic rings. The molecule has 134 valence electrons. The van der Waals surface area contributed by atoms with Crippen LogP contribution in [0.2, 0.25) is 0 Å². The topological polar surface area (TPSA) is 73.9 Å².